The lowest BCUT2D eigenvalue weighted by Gasteiger charge is -2.30. The molecule has 1 unspecified atom stereocenters. The van der Waals surface area contributed by atoms with Crippen LogP contribution in [0.15, 0.2) is 30.5 Å². The second-order valence-corrected chi connectivity index (χ2v) is 7.33. The third-order valence-electron chi connectivity index (χ3n) is 4.15. The topological polar surface area (TPSA) is 61.4 Å². The maximum absolute atomic E-state index is 12.6. The van der Waals surface area contributed by atoms with E-state index < -0.39 is 6.04 Å². The Hall–Kier alpha value is -2.30. The highest BCUT2D eigenvalue weighted by Crippen LogP contribution is 2.30. The molecule has 1 atom stereocenters. The maximum Gasteiger partial charge on any atom is 0.255 e. The largest absolute Gasteiger partial charge is 0.380 e. The molecule has 0 spiro atoms. The van der Waals surface area contributed by atoms with Crippen molar-refractivity contribution in [3.05, 3.63) is 41.6 Å². The van der Waals surface area contributed by atoms with E-state index in [0.29, 0.717) is 24.9 Å². The first-order valence-corrected chi connectivity index (χ1v) is 7.95. The second-order valence-electron chi connectivity index (χ2n) is 7.33. The summed E-state index contributed by atoms with van der Waals surface area (Å²) >= 11 is 0. The Bertz CT molecular complexity index is 688. The first kappa shape index (κ1) is 15.6. The fourth-order valence-corrected chi connectivity index (χ4v) is 3.17. The van der Waals surface area contributed by atoms with Crippen molar-refractivity contribution in [1.29, 1.82) is 0 Å². The Kier molecular flexibility index (Phi) is 3.66. The molecule has 2 heterocycles. The van der Waals surface area contributed by atoms with Crippen molar-refractivity contribution in [3.8, 4) is 0 Å². The molecule has 2 N–H and O–H groups in total. The van der Waals surface area contributed by atoms with Gasteiger partial charge in [0.2, 0.25) is 5.91 Å². The molecule has 1 aromatic rings. The van der Waals surface area contributed by atoms with E-state index in [9.17, 15) is 9.59 Å². The normalized spacial score (nSPS) is 21.3. The zero-order valence-corrected chi connectivity index (χ0v) is 13.9. The molecule has 0 bridgehead atoms. The van der Waals surface area contributed by atoms with Gasteiger partial charge in [-0.15, -0.1) is 0 Å². The number of anilines is 1. The summed E-state index contributed by atoms with van der Waals surface area (Å²) in [6, 6.07) is 5.39. The van der Waals surface area contributed by atoms with Crippen LogP contribution in [0.2, 0.25) is 0 Å². The van der Waals surface area contributed by atoms with Crippen molar-refractivity contribution in [3.63, 3.8) is 0 Å². The van der Waals surface area contributed by atoms with E-state index in [1.165, 1.54) is 0 Å². The Labute approximate surface area is 136 Å². The molecule has 5 nitrogen and oxygen atoms in total. The number of rotatable bonds is 2. The number of benzene rings is 1. The van der Waals surface area contributed by atoms with Crippen molar-refractivity contribution in [2.24, 2.45) is 0 Å². The van der Waals surface area contributed by atoms with Gasteiger partial charge in [0.25, 0.3) is 5.91 Å². The standard InChI is InChI=1S/C18H23N3O2/c1-11-5-8-15(16(22)19-11)21-10-12-9-13(20-18(2,3)4)6-7-14(12)17(21)23/h6-7,9,15,20H,1,5,8,10H2,2-4H3,(H,19,22). The third-order valence-corrected chi connectivity index (χ3v) is 4.15. The minimum absolute atomic E-state index is 0.0415. The Morgan fingerprint density at radius 3 is 2.70 bits per heavy atom. The number of nitrogens with one attached hydrogen (secondary N) is 2. The highest BCUT2D eigenvalue weighted by atomic mass is 16.2. The minimum atomic E-state index is -0.403. The fraction of sp³-hybridized carbons (Fsp3) is 0.444. The van der Waals surface area contributed by atoms with Gasteiger partial charge in [0.15, 0.2) is 0 Å². The van der Waals surface area contributed by atoms with Crippen LogP contribution in [0.3, 0.4) is 0 Å². The van der Waals surface area contributed by atoms with Gasteiger partial charge in [-0.05, 0) is 57.4 Å². The molecule has 122 valence electrons. The molecule has 1 aromatic carbocycles. The van der Waals surface area contributed by atoms with Gasteiger partial charge in [-0.1, -0.05) is 6.58 Å². The number of allylic oxidation sites excluding steroid dienone is 1. The summed E-state index contributed by atoms with van der Waals surface area (Å²) in [5.41, 5.74) is 3.35. The summed E-state index contributed by atoms with van der Waals surface area (Å²) in [5.74, 6) is -0.189. The Morgan fingerprint density at radius 2 is 2.04 bits per heavy atom. The van der Waals surface area contributed by atoms with Gasteiger partial charge in [-0.3, -0.25) is 9.59 Å². The average molecular weight is 313 g/mol. The number of hydrogen-bond acceptors (Lipinski definition) is 3. The predicted octanol–water partition coefficient (Wildman–Crippen LogP) is 2.65. The summed E-state index contributed by atoms with van der Waals surface area (Å²) in [7, 11) is 0. The lowest BCUT2D eigenvalue weighted by Crippen LogP contribution is -2.49. The summed E-state index contributed by atoms with van der Waals surface area (Å²) in [4.78, 5) is 26.5. The van der Waals surface area contributed by atoms with Crippen LogP contribution in [0.4, 0.5) is 5.69 Å². The molecule has 2 aliphatic heterocycles. The number of hydrogen-bond donors (Lipinski definition) is 2. The number of nitrogens with zero attached hydrogens (tertiary/aromatic N) is 1. The molecule has 3 rings (SSSR count). The van der Waals surface area contributed by atoms with Crippen molar-refractivity contribution < 1.29 is 9.59 Å². The van der Waals surface area contributed by atoms with Gasteiger partial charge < -0.3 is 15.5 Å². The van der Waals surface area contributed by atoms with E-state index in [0.717, 1.165) is 16.9 Å². The highest BCUT2D eigenvalue weighted by Gasteiger charge is 2.38. The molecule has 0 aliphatic carbocycles. The first-order chi connectivity index (χ1) is 10.7. The van der Waals surface area contributed by atoms with Crippen LogP contribution in [0.5, 0.6) is 0 Å². The van der Waals surface area contributed by atoms with Crippen LogP contribution in [-0.4, -0.2) is 28.3 Å². The lowest BCUT2D eigenvalue weighted by molar-refractivity contribution is -0.126. The molecule has 5 heteroatoms. The third kappa shape index (κ3) is 3.09. The quantitative estimate of drug-likeness (QED) is 0.882. The van der Waals surface area contributed by atoms with E-state index in [1.54, 1.807) is 4.90 Å². The van der Waals surface area contributed by atoms with Crippen LogP contribution in [-0.2, 0) is 11.3 Å². The number of amides is 2. The molecule has 1 saturated heterocycles. The zero-order chi connectivity index (χ0) is 16.8. The molecular weight excluding hydrogens is 290 g/mol. The molecule has 2 aliphatic rings. The molecule has 1 fully saturated rings. The van der Waals surface area contributed by atoms with E-state index in [-0.39, 0.29) is 17.4 Å². The zero-order valence-electron chi connectivity index (χ0n) is 13.9. The predicted molar refractivity (Wildman–Crippen MR) is 90.0 cm³/mol. The smallest absolute Gasteiger partial charge is 0.255 e. The number of piperidine rings is 1. The summed E-state index contributed by atoms with van der Waals surface area (Å²) in [5, 5.41) is 6.17. The summed E-state index contributed by atoms with van der Waals surface area (Å²) in [6.07, 6.45) is 1.35. The van der Waals surface area contributed by atoms with Crippen LogP contribution in [0.25, 0.3) is 0 Å². The molecule has 0 aromatic heterocycles. The Morgan fingerprint density at radius 1 is 1.30 bits per heavy atom. The van der Waals surface area contributed by atoms with E-state index in [2.05, 4.69) is 38.0 Å². The highest BCUT2D eigenvalue weighted by molar-refractivity contribution is 6.01. The van der Waals surface area contributed by atoms with E-state index in [4.69, 9.17) is 0 Å². The monoisotopic (exact) mass is 313 g/mol. The SMILES string of the molecule is C=C1CCC(N2Cc3cc(NC(C)(C)C)ccc3C2=O)C(=O)N1. The van der Waals surface area contributed by atoms with E-state index >= 15 is 0 Å². The number of carbonyl (C=O) groups is 2. The van der Waals surface area contributed by atoms with Gasteiger partial charge >= 0.3 is 0 Å². The minimum Gasteiger partial charge on any atom is -0.380 e. The molecular formula is C18H23N3O2. The second kappa shape index (κ2) is 5.41. The molecule has 0 saturated carbocycles. The maximum atomic E-state index is 12.6. The van der Waals surface area contributed by atoms with Crippen LogP contribution < -0.4 is 10.6 Å². The van der Waals surface area contributed by atoms with Gasteiger partial charge in [0.1, 0.15) is 6.04 Å². The van der Waals surface area contributed by atoms with Crippen LogP contribution in [0, 0.1) is 0 Å². The number of carbonyl (C=O) groups excluding carboxylic acids is 2. The molecule has 23 heavy (non-hydrogen) atoms. The molecule has 2 amide bonds. The first-order valence-electron chi connectivity index (χ1n) is 7.95. The van der Waals surface area contributed by atoms with E-state index in [1.807, 2.05) is 18.2 Å². The molecule has 0 radical (unpaired) electrons. The summed E-state index contributed by atoms with van der Waals surface area (Å²) < 4.78 is 0. The average Bonchev–Trinajstić information content (AvgIpc) is 2.74. The van der Waals surface area contributed by atoms with Crippen molar-refractivity contribution in [1.82, 2.24) is 10.2 Å². The van der Waals surface area contributed by atoms with Crippen molar-refractivity contribution in [2.75, 3.05) is 5.32 Å². The van der Waals surface area contributed by atoms with Crippen molar-refractivity contribution >= 4 is 17.5 Å². The van der Waals surface area contributed by atoms with Gasteiger partial charge in [-0.25, -0.2) is 0 Å². The number of fused-ring (bicyclic) bond motifs is 1. The van der Waals surface area contributed by atoms with Crippen LogP contribution >= 0.6 is 0 Å². The van der Waals surface area contributed by atoms with Crippen molar-refractivity contribution in [2.45, 2.75) is 51.7 Å². The van der Waals surface area contributed by atoms with Crippen LogP contribution in [0.1, 0.15) is 49.5 Å². The summed E-state index contributed by atoms with van der Waals surface area (Å²) in [6.45, 7) is 10.6. The lowest BCUT2D eigenvalue weighted by atomic mass is 10.0. The van der Waals surface area contributed by atoms with Gasteiger partial charge in [-0.2, -0.15) is 0 Å². The Balaban J connectivity index is 1.81. The van der Waals surface area contributed by atoms with Gasteiger partial charge in [0.05, 0.1) is 0 Å². The van der Waals surface area contributed by atoms with Gasteiger partial charge in [0, 0.05) is 29.0 Å². The fourth-order valence-electron chi connectivity index (χ4n) is 3.17.